The molecule has 2 aromatic rings. The van der Waals surface area contributed by atoms with Crippen molar-refractivity contribution in [2.75, 3.05) is 37.6 Å². The molecule has 10 heteroatoms. The first kappa shape index (κ1) is 23.0. The van der Waals surface area contributed by atoms with Gasteiger partial charge in [0.1, 0.15) is 5.02 Å². The molecular weight excluding hydrogens is 443 g/mol. The summed E-state index contributed by atoms with van der Waals surface area (Å²) in [6.07, 6.45) is 4.95. The fourth-order valence-corrected chi connectivity index (χ4v) is 4.78. The molecule has 0 radical (unpaired) electrons. The quantitative estimate of drug-likeness (QED) is 0.664. The Labute approximate surface area is 190 Å². The van der Waals surface area contributed by atoms with Crippen molar-refractivity contribution in [1.29, 1.82) is 0 Å². The molecule has 0 aliphatic carbocycles. The molecule has 0 atom stereocenters. The van der Waals surface area contributed by atoms with E-state index in [1.807, 2.05) is 0 Å². The minimum absolute atomic E-state index is 0.00684. The van der Waals surface area contributed by atoms with Gasteiger partial charge in [0.2, 0.25) is 0 Å². The summed E-state index contributed by atoms with van der Waals surface area (Å²) in [6.45, 7) is 5.09. The maximum Gasteiger partial charge on any atom is 0.417 e. The number of aromatic nitrogens is 3. The molecule has 0 amide bonds. The summed E-state index contributed by atoms with van der Waals surface area (Å²) in [5, 5.41) is 4.13. The largest absolute Gasteiger partial charge is 0.417 e. The van der Waals surface area contributed by atoms with Gasteiger partial charge in [-0.1, -0.05) is 24.4 Å². The molecule has 2 fully saturated rings. The normalized spacial score (nSPS) is 19.2. The first-order valence-electron chi connectivity index (χ1n) is 11.1. The Morgan fingerprint density at radius 1 is 1.00 bits per heavy atom. The maximum atomic E-state index is 12.7. The van der Waals surface area contributed by atoms with Crippen LogP contribution in [0, 0.1) is 5.92 Å². The lowest BCUT2D eigenvalue weighted by atomic mass is 9.96. The number of hydrogen-bond acceptors (Lipinski definition) is 5. The van der Waals surface area contributed by atoms with Gasteiger partial charge in [-0.3, -0.25) is 4.79 Å². The number of pyridine rings is 1. The smallest absolute Gasteiger partial charge is 0.369 e. The van der Waals surface area contributed by atoms with E-state index in [2.05, 4.69) is 19.9 Å². The number of piperidine rings is 1. The third-order valence-electron chi connectivity index (χ3n) is 6.36. The monoisotopic (exact) mass is 469 g/mol. The maximum absolute atomic E-state index is 12.7. The molecule has 0 spiro atoms. The predicted molar refractivity (Wildman–Crippen MR) is 117 cm³/mol. The summed E-state index contributed by atoms with van der Waals surface area (Å²) in [4.78, 5) is 21.1. The van der Waals surface area contributed by atoms with Crippen molar-refractivity contribution < 1.29 is 13.2 Å². The van der Waals surface area contributed by atoms with Crippen molar-refractivity contribution in [3.05, 3.63) is 45.5 Å². The van der Waals surface area contributed by atoms with Crippen LogP contribution in [0.15, 0.2) is 29.3 Å². The molecular formula is C22H27ClF3N5O. The molecule has 0 saturated carbocycles. The average Bonchev–Trinajstić information content (AvgIpc) is 3.04. The van der Waals surface area contributed by atoms with Gasteiger partial charge >= 0.3 is 6.18 Å². The van der Waals surface area contributed by atoms with Crippen molar-refractivity contribution in [1.82, 2.24) is 19.7 Å². The highest BCUT2D eigenvalue weighted by molar-refractivity contribution is 6.33. The first-order chi connectivity index (χ1) is 15.3. The van der Waals surface area contributed by atoms with Gasteiger partial charge in [0.05, 0.1) is 17.4 Å². The molecule has 32 heavy (non-hydrogen) atoms. The van der Waals surface area contributed by atoms with Crippen molar-refractivity contribution >= 4 is 17.3 Å². The molecule has 4 heterocycles. The van der Waals surface area contributed by atoms with E-state index in [1.54, 1.807) is 0 Å². The summed E-state index contributed by atoms with van der Waals surface area (Å²) < 4.78 is 39.2. The van der Waals surface area contributed by atoms with E-state index in [9.17, 15) is 18.0 Å². The SMILES string of the molecule is O=c1c(Cl)c(N2CCC(CN3CCCCCC3)CC2)cnn1-c1ccc(C(F)(F)F)cn1. The molecule has 6 nitrogen and oxygen atoms in total. The lowest BCUT2D eigenvalue weighted by Crippen LogP contribution is -2.40. The van der Waals surface area contributed by atoms with Crippen LogP contribution in [-0.4, -0.2) is 52.4 Å². The molecule has 2 aromatic heterocycles. The van der Waals surface area contributed by atoms with Gasteiger partial charge in [-0.15, -0.1) is 0 Å². The Morgan fingerprint density at radius 2 is 1.69 bits per heavy atom. The van der Waals surface area contributed by atoms with Crippen LogP contribution in [0.3, 0.4) is 0 Å². The van der Waals surface area contributed by atoms with Gasteiger partial charge in [-0.05, 0) is 56.8 Å². The van der Waals surface area contributed by atoms with Crippen LogP contribution < -0.4 is 10.5 Å². The molecule has 2 aliphatic heterocycles. The number of rotatable bonds is 4. The highest BCUT2D eigenvalue weighted by Crippen LogP contribution is 2.30. The summed E-state index contributed by atoms with van der Waals surface area (Å²) >= 11 is 6.36. The highest BCUT2D eigenvalue weighted by Gasteiger charge is 2.31. The minimum atomic E-state index is -4.50. The van der Waals surface area contributed by atoms with E-state index in [1.165, 1.54) is 45.0 Å². The van der Waals surface area contributed by atoms with Crippen LogP contribution in [0.2, 0.25) is 5.02 Å². The number of anilines is 1. The van der Waals surface area contributed by atoms with Gasteiger partial charge in [0.15, 0.2) is 5.82 Å². The molecule has 0 unspecified atom stereocenters. The van der Waals surface area contributed by atoms with Gasteiger partial charge < -0.3 is 9.80 Å². The van der Waals surface area contributed by atoms with Gasteiger partial charge in [0, 0.05) is 25.8 Å². The Kier molecular flexibility index (Phi) is 7.05. The van der Waals surface area contributed by atoms with Crippen LogP contribution in [0.25, 0.3) is 5.82 Å². The summed E-state index contributed by atoms with van der Waals surface area (Å²) in [5.74, 6) is 0.625. The van der Waals surface area contributed by atoms with Crippen molar-refractivity contribution in [3.63, 3.8) is 0 Å². The number of halogens is 4. The molecule has 2 saturated heterocycles. The van der Waals surface area contributed by atoms with Crippen LogP contribution in [0.4, 0.5) is 18.9 Å². The zero-order valence-corrected chi connectivity index (χ0v) is 18.6. The van der Waals surface area contributed by atoms with E-state index in [-0.39, 0.29) is 10.8 Å². The number of hydrogen-bond donors (Lipinski definition) is 0. The average molecular weight is 470 g/mol. The second-order valence-corrected chi connectivity index (χ2v) is 8.99. The fourth-order valence-electron chi connectivity index (χ4n) is 4.53. The molecule has 4 rings (SSSR count). The highest BCUT2D eigenvalue weighted by atomic mass is 35.5. The van der Waals surface area contributed by atoms with E-state index >= 15 is 0 Å². The van der Waals surface area contributed by atoms with Crippen LogP contribution in [0.5, 0.6) is 0 Å². The molecule has 0 N–H and O–H groups in total. The lowest BCUT2D eigenvalue weighted by molar-refractivity contribution is -0.137. The molecule has 0 bridgehead atoms. The van der Waals surface area contributed by atoms with E-state index in [0.29, 0.717) is 17.8 Å². The second kappa shape index (κ2) is 9.79. The van der Waals surface area contributed by atoms with E-state index in [4.69, 9.17) is 11.6 Å². The Bertz CT molecular complexity index is 963. The number of alkyl halides is 3. The van der Waals surface area contributed by atoms with Gasteiger partial charge in [-0.25, -0.2) is 4.98 Å². The first-order valence-corrected chi connectivity index (χ1v) is 11.5. The molecule has 0 aromatic carbocycles. The molecule has 2 aliphatic rings. The number of nitrogens with zero attached hydrogens (tertiary/aromatic N) is 5. The van der Waals surface area contributed by atoms with Crippen LogP contribution in [-0.2, 0) is 6.18 Å². The van der Waals surface area contributed by atoms with E-state index in [0.717, 1.165) is 49.3 Å². The van der Waals surface area contributed by atoms with Gasteiger partial charge in [-0.2, -0.15) is 23.0 Å². The lowest BCUT2D eigenvalue weighted by Gasteiger charge is -2.36. The fraction of sp³-hybridized carbons (Fsp3) is 0.591. The zero-order valence-electron chi connectivity index (χ0n) is 17.8. The zero-order chi connectivity index (χ0) is 22.7. The van der Waals surface area contributed by atoms with E-state index < -0.39 is 17.3 Å². The standard InChI is InChI=1S/C22H27ClF3N5O/c23-20-18(30-11-7-16(8-12-30)15-29-9-3-1-2-4-10-29)14-28-31(21(20)32)19-6-5-17(13-27-19)22(24,25)26/h5-6,13-14,16H,1-4,7-12,15H2. The Balaban J connectivity index is 1.42. The van der Waals surface area contributed by atoms with Crippen LogP contribution in [0.1, 0.15) is 44.1 Å². The third kappa shape index (κ3) is 5.26. The summed E-state index contributed by atoms with van der Waals surface area (Å²) in [5.41, 5.74) is -0.920. The van der Waals surface area contributed by atoms with Crippen LogP contribution >= 0.6 is 11.6 Å². The summed E-state index contributed by atoms with van der Waals surface area (Å²) in [6, 6.07) is 1.98. The van der Waals surface area contributed by atoms with Crippen molar-refractivity contribution in [2.45, 2.75) is 44.7 Å². The topological polar surface area (TPSA) is 54.3 Å². The third-order valence-corrected chi connectivity index (χ3v) is 6.72. The number of likely N-dealkylation sites (tertiary alicyclic amines) is 1. The Hall–Kier alpha value is -2.13. The minimum Gasteiger partial charge on any atom is -0.369 e. The summed E-state index contributed by atoms with van der Waals surface area (Å²) in [7, 11) is 0. The Morgan fingerprint density at radius 3 is 2.28 bits per heavy atom. The molecule has 174 valence electrons. The van der Waals surface area contributed by atoms with Crippen molar-refractivity contribution in [2.24, 2.45) is 5.92 Å². The predicted octanol–water partition coefficient (Wildman–Crippen LogP) is 4.39. The second-order valence-electron chi connectivity index (χ2n) is 8.61. The van der Waals surface area contributed by atoms with Crippen molar-refractivity contribution in [3.8, 4) is 5.82 Å². The van der Waals surface area contributed by atoms with Gasteiger partial charge in [0.25, 0.3) is 5.56 Å².